The van der Waals surface area contributed by atoms with Crippen LogP contribution in [0.3, 0.4) is 0 Å². The van der Waals surface area contributed by atoms with E-state index < -0.39 is 6.17 Å². The van der Waals surface area contributed by atoms with Gasteiger partial charge >= 0.3 is 0 Å². The summed E-state index contributed by atoms with van der Waals surface area (Å²) < 4.78 is 12.4. The average molecular weight is 137 g/mol. The zero-order valence-electron chi connectivity index (χ0n) is 5.97. The fourth-order valence-corrected chi connectivity index (χ4v) is 0.882. The van der Waals surface area contributed by atoms with Crippen LogP contribution < -0.4 is 0 Å². The third-order valence-electron chi connectivity index (χ3n) is 1.30. The first-order chi connectivity index (χ1) is 4.79. The standard InChI is InChI=1S/C9H10F/c1-8(10)7-9-5-3-2-4-6-9/h3-6,8H,7H2,1H3/t8-/m0/s1. The molecule has 53 valence electrons. The summed E-state index contributed by atoms with van der Waals surface area (Å²) in [6, 6.07) is 10.3. The van der Waals surface area contributed by atoms with Crippen molar-refractivity contribution in [3.05, 3.63) is 35.9 Å². The number of benzene rings is 1. The van der Waals surface area contributed by atoms with Gasteiger partial charge in [-0.2, -0.15) is 0 Å². The summed E-state index contributed by atoms with van der Waals surface area (Å²) in [6.45, 7) is 1.57. The molecule has 0 spiro atoms. The summed E-state index contributed by atoms with van der Waals surface area (Å²) in [5.41, 5.74) is 1.04. The van der Waals surface area contributed by atoms with Gasteiger partial charge in [0, 0.05) is 6.42 Å². The molecule has 0 saturated carbocycles. The topological polar surface area (TPSA) is 0 Å². The first kappa shape index (κ1) is 7.26. The second kappa shape index (κ2) is 3.35. The third kappa shape index (κ3) is 2.18. The summed E-state index contributed by atoms with van der Waals surface area (Å²) >= 11 is 0. The van der Waals surface area contributed by atoms with Crippen molar-refractivity contribution >= 4 is 0 Å². The van der Waals surface area contributed by atoms with Gasteiger partial charge in [-0.15, -0.1) is 0 Å². The van der Waals surface area contributed by atoms with E-state index in [9.17, 15) is 4.39 Å². The van der Waals surface area contributed by atoms with Crippen molar-refractivity contribution in [3.8, 4) is 0 Å². The molecule has 1 rings (SSSR count). The van der Waals surface area contributed by atoms with Gasteiger partial charge < -0.3 is 0 Å². The van der Waals surface area contributed by atoms with Gasteiger partial charge in [-0.05, 0) is 18.6 Å². The zero-order chi connectivity index (χ0) is 7.40. The third-order valence-corrected chi connectivity index (χ3v) is 1.30. The van der Waals surface area contributed by atoms with Crippen molar-refractivity contribution < 1.29 is 4.39 Å². The first-order valence-electron chi connectivity index (χ1n) is 3.38. The number of rotatable bonds is 2. The monoisotopic (exact) mass is 137 g/mol. The molecule has 0 heterocycles. The molecule has 0 nitrogen and oxygen atoms in total. The van der Waals surface area contributed by atoms with E-state index >= 15 is 0 Å². The molecule has 0 aliphatic rings. The van der Waals surface area contributed by atoms with Gasteiger partial charge in [-0.3, -0.25) is 0 Å². The van der Waals surface area contributed by atoms with E-state index in [0.29, 0.717) is 6.42 Å². The lowest BCUT2D eigenvalue weighted by Crippen LogP contribution is -1.97. The molecule has 1 radical (unpaired) electrons. The number of halogens is 1. The van der Waals surface area contributed by atoms with Crippen LogP contribution in [0.15, 0.2) is 24.3 Å². The van der Waals surface area contributed by atoms with Crippen LogP contribution >= 0.6 is 0 Å². The molecule has 0 bridgehead atoms. The van der Waals surface area contributed by atoms with Crippen LogP contribution in [0.1, 0.15) is 12.5 Å². The molecule has 10 heavy (non-hydrogen) atoms. The van der Waals surface area contributed by atoms with Gasteiger partial charge in [-0.1, -0.05) is 24.3 Å². The van der Waals surface area contributed by atoms with Crippen LogP contribution in [0.4, 0.5) is 4.39 Å². The smallest absolute Gasteiger partial charge is 0.101 e. The maximum atomic E-state index is 12.4. The summed E-state index contributed by atoms with van der Waals surface area (Å²) in [5, 5.41) is 0. The van der Waals surface area contributed by atoms with Gasteiger partial charge in [0.05, 0.1) is 0 Å². The maximum Gasteiger partial charge on any atom is 0.101 e. The molecule has 1 atom stereocenters. The molecule has 0 amide bonds. The minimum absolute atomic E-state index is 0.509. The van der Waals surface area contributed by atoms with Crippen molar-refractivity contribution in [2.45, 2.75) is 19.5 Å². The van der Waals surface area contributed by atoms with E-state index in [2.05, 4.69) is 6.07 Å². The lowest BCUT2D eigenvalue weighted by Gasteiger charge is -1.99. The average Bonchev–Trinajstić information content (AvgIpc) is 1.88. The molecule has 0 fully saturated rings. The van der Waals surface area contributed by atoms with Gasteiger partial charge in [0.1, 0.15) is 6.17 Å². The van der Waals surface area contributed by atoms with E-state index in [1.807, 2.05) is 12.1 Å². The van der Waals surface area contributed by atoms with E-state index in [-0.39, 0.29) is 0 Å². The molecule has 0 aliphatic carbocycles. The molecule has 0 aliphatic heterocycles. The van der Waals surface area contributed by atoms with Gasteiger partial charge in [0.25, 0.3) is 0 Å². The Bertz CT molecular complexity index is 179. The Morgan fingerprint density at radius 1 is 1.50 bits per heavy atom. The highest BCUT2D eigenvalue weighted by Crippen LogP contribution is 2.03. The predicted molar refractivity (Wildman–Crippen MR) is 39.6 cm³/mol. The Labute approximate surface area is 60.7 Å². The lowest BCUT2D eigenvalue weighted by molar-refractivity contribution is 0.360. The van der Waals surface area contributed by atoms with E-state index in [1.165, 1.54) is 0 Å². The van der Waals surface area contributed by atoms with Crippen LogP contribution in [0.5, 0.6) is 0 Å². The van der Waals surface area contributed by atoms with Crippen LogP contribution in [-0.2, 0) is 6.42 Å². The molecule has 0 aromatic heterocycles. The Balaban J connectivity index is 2.59. The van der Waals surface area contributed by atoms with E-state index in [1.54, 1.807) is 19.1 Å². The minimum Gasteiger partial charge on any atom is -0.247 e. The van der Waals surface area contributed by atoms with Crippen LogP contribution in [-0.4, -0.2) is 6.17 Å². The summed E-state index contributed by atoms with van der Waals surface area (Å²) in [4.78, 5) is 0. The van der Waals surface area contributed by atoms with Crippen LogP contribution in [0, 0.1) is 6.07 Å². The first-order valence-corrected chi connectivity index (χ1v) is 3.38. The molecule has 0 saturated heterocycles. The number of hydrogen-bond donors (Lipinski definition) is 0. The van der Waals surface area contributed by atoms with Gasteiger partial charge in [-0.25, -0.2) is 4.39 Å². The van der Waals surface area contributed by atoms with Gasteiger partial charge in [0.2, 0.25) is 0 Å². The van der Waals surface area contributed by atoms with Gasteiger partial charge in [0.15, 0.2) is 0 Å². The van der Waals surface area contributed by atoms with Crippen molar-refractivity contribution in [1.29, 1.82) is 0 Å². The van der Waals surface area contributed by atoms with Crippen molar-refractivity contribution in [2.24, 2.45) is 0 Å². The number of alkyl halides is 1. The van der Waals surface area contributed by atoms with Crippen molar-refractivity contribution in [2.75, 3.05) is 0 Å². The molecule has 0 unspecified atom stereocenters. The highest BCUT2D eigenvalue weighted by molar-refractivity contribution is 5.14. The Kier molecular flexibility index (Phi) is 2.43. The highest BCUT2D eigenvalue weighted by atomic mass is 19.1. The maximum absolute atomic E-state index is 12.4. The quantitative estimate of drug-likeness (QED) is 0.587. The normalized spacial score (nSPS) is 13.0. The van der Waals surface area contributed by atoms with Crippen LogP contribution in [0.2, 0.25) is 0 Å². The molecule has 0 N–H and O–H groups in total. The lowest BCUT2D eigenvalue weighted by atomic mass is 10.1. The molecule has 1 heteroatoms. The summed E-state index contributed by atoms with van der Waals surface area (Å²) in [7, 11) is 0. The second-order valence-electron chi connectivity index (χ2n) is 2.39. The predicted octanol–water partition coefficient (Wildman–Crippen LogP) is 2.39. The fraction of sp³-hybridized carbons (Fsp3) is 0.333. The van der Waals surface area contributed by atoms with E-state index in [0.717, 1.165) is 5.56 Å². The van der Waals surface area contributed by atoms with Crippen molar-refractivity contribution in [3.63, 3.8) is 0 Å². The Morgan fingerprint density at radius 3 is 2.60 bits per heavy atom. The fourth-order valence-electron chi connectivity index (χ4n) is 0.882. The SMILES string of the molecule is C[C@H](F)Cc1cc[c]cc1. The number of hydrogen-bond acceptors (Lipinski definition) is 0. The molecular formula is C9H10F. The van der Waals surface area contributed by atoms with Crippen LogP contribution in [0.25, 0.3) is 0 Å². The Hall–Kier alpha value is -0.850. The molecule has 1 aromatic rings. The molecular weight excluding hydrogens is 127 g/mol. The Morgan fingerprint density at radius 2 is 2.10 bits per heavy atom. The minimum atomic E-state index is -0.748. The zero-order valence-corrected chi connectivity index (χ0v) is 5.97. The van der Waals surface area contributed by atoms with E-state index in [4.69, 9.17) is 0 Å². The second-order valence-corrected chi connectivity index (χ2v) is 2.39. The largest absolute Gasteiger partial charge is 0.247 e. The summed E-state index contributed by atoms with van der Waals surface area (Å²) in [5.74, 6) is 0. The highest BCUT2D eigenvalue weighted by Gasteiger charge is 1.97. The summed E-state index contributed by atoms with van der Waals surface area (Å²) in [6.07, 6.45) is -0.239. The van der Waals surface area contributed by atoms with Crippen molar-refractivity contribution in [1.82, 2.24) is 0 Å². The molecule has 1 aromatic carbocycles.